The fourth-order valence-electron chi connectivity index (χ4n) is 1.59. The number of hydrogen-bond donors (Lipinski definition) is 4. The maximum atomic E-state index is 11.7. The molecule has 0 saturated heterocycles. The summed E-state index contributed by atoms with van der Waals surface area (Å²) in [6, 6.07) is 3.50. The van der Waals surface area contributed by atoms with E-state index < -0.39 is 17.9 Å². The van der Waals surface area contributed by atoms with Crippen LogP contribution in [0.2, 0.25) is 0 Å². The standard InChI is InChI=1S/C14H18N2O4.ClH/c1-8(2)13(14(19)20)16-12(18)6-3-9-7-10(15)4-5-11(9)17;/h3-8,13,17H,15H2,1-2H3,(H,16,18)(H,19,20);1H. The zero-order valence-electron chi connectivity index (χ0n) is 11.7. The topological polar surface area (TPSA) is 113 Å². The Morgan fingerprint density at radius 2 is 1.95 bits per heavy atom. The van der Waals surface area contributed by atoms with Gasteiger partial charge in [0, 0.05) is 17.3 Å². The average molecular weight is 315 g/mol. The Labute approximate surface area is 129 Å². The third-order valence-electron chi connectivity index (χ3n) is 2.70. The smallest absolute Gasteiger partial charge is 0.326 e. The fraction of sp³-hybridized carbons (Fsp3) is 0.286. The van der Waals surface area contributed by atoms with E-state index in [9.17, 15) is 14.7 Å². The number of halogens is 1. The first-order valence-corrected chi connectivity index (χ1v) is 6.11. The second-order valence-electron chi connectivity index (χ2n) is 4.72. The first kappa shape index (κ1) is 18.8. The minimum Gasteiger partial charge on any atom is -0.507 e. The molecule has 0 aliphatic heterocycles. The zero-order chi connectivity index (χ0) is 15.3. The van der Waals surface area contributed by atoms with Gasteiger partial charge in [0.25, 0.3) is 0 Å². The minimum atomic E-state index is -1.09. The van der Waals surface area contributed by atoms with Crippen LogP contribution in [-0.2, 0) is 9.59 Å². The number of amides is 1. The molecule has 21 heavy (non-hydrogen) atoms. The molecule has 0 saturated carbocycles. The molecule has 0 heterocycles. The van der Waals surface area contributed by atoms with E-state index in [0.717, 1.165) is 6.08 Å². The first-order valence-electron chi connectivity index (χ1n) is 6.11. The van der Waals surface area contributed by atoms with Gasteiger partial charge < -0.3 is 21.3 Å². The number of nitrogen functional groups attached to an aromatic ring is 1. The van der Waals surface area contributed by atoms with Crippen molar-refractivity contribution in [2.75, 3.05) is 5.73 Å². The van der Waals surface area contributed by atoms with Crippen LogP contribution in [0.3, 0.4) is 0 Å². The molecule has 1 aromatic carbocycles. The van der Waals surface area contributed by atoms with Crippen LogP contribution < -0.4 is 11.1 Å². The highest BCUT2D eigenvalue weighted by molar-refractivity contribution is 5.94. The molecule has 5 N–H and O–H groups in total. The van der Waals surface area contributed by atoms with Gasteiger partial charge in [0.05, 0.1) is 0 Å². The predicted molar refractivity (Wildman–Crippen MR) is 83.2 cm³/mol. The lowest BCUT2D eigenvalue weighted by molar-refractivity contribution is -0.142. The van der Waals surface area contributed by atoms with E-state index in [1.54, 1.807) is 13.8 Å². The Balaban J connectivity index is 0.00000400. The number of phenolic OH excluding ortho intramolecular Hbond substituents is 1. The van der Waals surface area contributed by atoms with Crippen molar-refractivity contribution in [3.05, 3.63) is 29.8 Å². The average Bonchev–Trinajstić information content (AvgIpc) is 2.36. The third kappa shape index (κ3) is 5.74. The van der Waals surface area contributed by atoms with Crippen molar-refractivity contribution in [1.82, 2.24) is 5.32 Å². The summed E-state index contributed by atoms with van der Waals surface area (Å²) in [6.07, 6.45) is 2.53. The molecule has 0 radical (unpaired) electrons. The minimum absolute atomic E-state index is 0. The van der Waals surface area contributed by atoms with E-state index in [1.165, 1.54) is 24.3 Å². The van der Waals surface area contributed by atoms with Gasteiger partial charge in [-0.3, -0.25) is 4.79 Å². The van der Waals surface area contributed by atoms with Crippen LogP contribution in [0.5, 0.6) is 5.75 Å². The molecule has 0 aromatic heterocycles. The third-order valence-corrected chi connectivity index (χ3v) is 2.70. The normalized spacial score (nSPS) is 12.0. The molecule has 7 heteroatoms. The predicted octanol–water partition coefficient (Wildman–Crippen LogP) is 1.63. The second kappa shape index (κ2) is 8.16. The number of phenols is 1. The lowest BCUT2D eigenvalue weighted by atomic mass is 10.0. The van der Waals surface area contributed by atoms with E-state index >= 15 is 0 Å². The van der Waals surface area contributed by atoms with E-state index in [1.807, 2.05) is 0 Å². The maximum absolute atomic E-state index is 11.7. The van der Waals surface area contributed by atoms with Crippen LogP contribution in [-0.4, -0.2) is 28.1 Å². The van der Waals surface area contributed by atoms with Crippen LogP contribution in [0.25, 0.3) is 6.08 Å². The quantitative estimate of drug-likeness (QED) is 0.375. The van der Waals surface area contributed by atoms with Crippen LogP contribution in [0.15, 0.2) is 24.3 Å². The number of carboxylic acid groups (broad SMARTS) is 1. The molecule has 1 unspecified atom stereocenters. The van der Waals surface area contributed by atoms with E-state index in [2.05, 4.69) is 5.32 Å². The number of carboxylic acids is 1. The molecule has 116 valence electrons. The molecule has 0 bridgehead atoms. The highest BCUT2D eigenvalue weighted by Gasteiger charge is 2.22. The Kier molecular flexibility index (Phi) is 7.30. The largest absolute Gasteiger partial charge is 0.507 e. The number of benzene rings is 1. The van der Waals surface area contributed by atoms with Gasteiger partial charge in [-0.2, -0.15) is 0 Å². The number of rotatable bonds is 5. The number of carbonyl (C=O) groups is 2. The monoisotopic (exact) mass is 314 g/mol. The number of carbonyl (C=O) groups excluding carboxylic acids is 1. The number of anilines is 1. The first-order chi connectivity index (χ1) is 9.31. The molecule has 1 rings (SSSR count). The molecule has 1 atom stereocenters. The number of aromatic hydroxyl groups is 1. The summed E-state index contributed by atoms with van der Waals surface area (Å²) in [7, 11) is 0. The summed E-state index contributed by atoms with van der Waals surface area (Å²) in [5.74, 6) is -1.88. The summed E-state index contributed by atoms with van der Waals surface area (Å²) in [5.41, 5.74) is 6.41. The molecule has 0 spiro atoms. The van der Waals surface area contributed by atoms with Crippen molar-refractivity contribution in [1.29, 1.82) is 0 Å². The number of aliphatic carboxylic acids is 1. The van der Waals surface area contributed by atoms with Crippen molar-refractivity contribution in [2.24, 2.45) is 5.92 Å². The van der Waals surface area contributed by atoms with Crippen LogP contribution in [0.1, 0.15) is 19.4 Å². The summed E-state index contributed by atoms with van der Waals surface area (Å²) >= 11 is 0. The van der Waals surface area contributed by atoms with Crippen molar-refractivity contribution < 1.29 is 19.8 Å². The maximum Gasteiger partial charge on any atom is 0.326 e. The van der Waals surface area contributed by atoms with Crippen molar-refractivity contribution in [3.63, 3.8) is 0 Å². The van der Waals surface area contributed by atoms with Crippen LogP contribution >= 0.6 is 12.4 Å². The molecule has 0 aliphatic rings. The van der Waals surface area contributed by atoms with Gasteiger partial charge >= 0.3 is 5.97 Å². The highest BCUT2D eigenvalue weighted by Crippen LogP contribution is 2.20. The van der Waals surface area contributed by atoms with Gasteiger partial charge in [-0.15, -0.1) is 12.4 Å². The van der Waals surface area contributed by atoms with Gasteiger partial charge in [0.2, 0.25) is 5.91 Å². The van der Waals surface area contributed by atoms with Crippen LogP contribution in [0, 0.1) is 5.92 Å². The molecule has 0 fully saturated rings. The van der Waals surface area contributed by atoms with E-state index in [-0.39, 0.29) is 24.1 Å². The highest BCUT2D eigenvalue weighted by atomic mass is 35.5. The van der Waals surface area contributed by atoms with Crippen molar-refractivity contribution >= 4 is 36.0 Å². The molecular formula is C14H19ClN2O4. The summed E-state index contributed by atoms with van der Waals surface area (Å²) in [4.78, 5) is 22.6. The Morgan fingerprint density at radius 3 is 2.48 bits per heavy atom. The number of nitrogens with two attached hydrogens (primary N) is 1. The molecule has 1 aromatic rings. The van der Waals surface area contributed by atoms with Gasteiger partial charge in [0.1, 0.15) is 11.8 Å². The van der Waals surface area contributed by atoms with Gasteiger partial charge in [0.15, 0.2) is 0 Å². The zero-order valence-corrected chi connectivity index (χ0v) is 12.6. The number of nitrogens with one attached hydrogen (secondary N) is 1. The molecular weight excluding hydrogens is 296 g/mol. The summed E-state index contributed by atoms with van der Waals surface area (Å²) in [6.45, 7) is 3.40. The van der Waals surface area contributed by atoms with Gasteiger partial charge in [-0.25, -0.2) is 4.79 Å². The number of hydrogen-bond acceptors (Lipinski definition) is 4. The SMILES string of the molecule is CC(C)C(NC(=O)C=Cc1cc(N)ccc1O)C(=O)O.Cl. The lowest BCUT2D eigenvalue weighted by Crippen LogP contribution is -2.43. The van der Waals surface area contributed by atoms with E-state index in [0.29, 0.717) is 11.3 Å². The fourth-order valence-corrected chi connectivity index (χ4v) is 1.59. The van der Waals surface area contributed by atoms with Crippen molar-refractivity contribution in [3.8, 4) is 5.75 Å². The molecule has 6 nitrogen and oxygen atoms in total. The van der Waals surface area contributed by atoms with E-state index in [4.69, 9.17) is 10.8 Å². The Morgan fingerprint density at radius 1 is 1.33 bits per heavy atom. The molecule has 0 aliphatic carbocycles. The molecule has 1 amide bonds. The Bertz CT molecular complexity index is 544. The van der Waals surface area contributed by atoms with Gasteiger partial charge in [-0.1, -0.05) is 13.8 Å². The summed E-state index contributed by atoms with van der Waals surface area (Å²) < 4.78 is 0. The lowest BCUT2D eigenvalue weighted by Gasteiger charge is -2.16. The van der Waals surface area contributed by atoms with Crippen molar-refractivity contribution in [2.45, 2.75) is 19.9 Å². The summed E-state index contributed by atoms with van der Waals surface area (Å²) in [5, 5.41) is 20.9. The van der Waals surface area contributed by atoms with Crippen LogP contribution in [0.4, 0.5) is 5.69 Å². The van der Waals surface area contributed by atoms with Gasteiger partial charge in [-0.05, 0) is 30.2 Å². The second-order valence-corrected chi connectivity index (χ2v) is 4.72. The Hall–Kier alpha value is -2.21.